The number of nitrogens with zero attached hydrogens (tertiary/aromatic N) is 2. The summed E-state index contributed by atoms with van der Waals surface area (Å²) >= 11 is 1.32. The largest absolute Gasteiger partial charge is 0.419 e. The van der Waals surface area contributed by atoms with E-state index in [1.54, 1.807) is 0 Å². The Hall–Kier alpha value is -3.80. The molecular weight excluding hydrogens is 500 g/mol. The summed E-state index contributed by atoms with van der Waals surface area (Å²) in [5.74, 6) is -1.13. The van der Waals surface area contributed by atoms with E-state index in [9.17, 15) is 18.0 Å². The number of carbonyl (C=O) groups excluding carboxylic acids is 1. The number of aryl methyl sites for hydroxylation is 2. The average molecular weight is 523 g/mol. The lowest BCUT2D eigenvalue weighted by atomic mass is 10.1. The predicted octanol–water partition coefficient (Wildman–Crippen LogP) is 3.58. The summed E-state index contributed by atoms with van der Waals surface area (Å²) in [5, 5.41) is 3.14. The molecule has 0 aliphatic rings. The lowest BCUT2D eigenvalue weighted by Gasteiger charge is -2.18. The lowest BCUT2D eigenvalue weighted by Crippen LogP contribution is -2.45. The molecule has 0 saturated heterocycles. The van der Waals surface area contributed by atoms with Crippen LogP contribution in [0.5, 0.6) is 0 Å². The van der Waals surface area contributed by atoms with Crippen molar-refractivity contribution >= 4 is 53.7 Å². The van der Waals surface area contributed by atoms with Crippen LogP contribution >= 0.6 is 11.3 Å². The summed E-state index contributed by atoms with van der Waals surface area (Å²) < 4.78 is 36.4. The number of oxazole rings is 1. The molecule has 1 amide bonds. The summed E-state index contributed by atoms with van der Waals surface area (Å²) in [4.78, 5) is 29.4. The molecule has 9 nitrogen and oxygen atoms in total. The minimum absolute atomic E-state index is 0.120. The van der Waals surface area contributed by atoms with Crippen LogP contribution in [-0.4, -0.2) is 29.9 Å². The van der Waals surface area contributed by atoms with E-state index in [0.717, 1.165) is 21.3 Å². The molecule has 2 N–H and O–H groups in total. The Kier molecular flexibility index (Phi) is 6.20. The van der Waals surface area contributed by atoms with Gasteiger partial charge in [0.05, 0.1) is 20.6 Å². The van der Waals surface area contributed by atoms with Crippen LogP contribution in [-0.2, 0) is 28.3 Å². The number of fused-ring (bicyclic) bond motifs is 2. The number of aromatic nitrogens is 2. The molecule has 5 aromatic rings. The molecular formula is C25H22N4O5S2. The molecule has 36 heavy (non-hydrogen) atoms. The highest BCUT2D eigenvalue weighted by Gasteiger charge is 2.27. The van der Waals surface area contributed by atoms with E-state index in [1.165, 1.54) is 41.2 Å². The van der Waals surface area contributed by atoms with Crippen molar-refractivity contribution in [1.82, 2.24) is 14.3 Å². The van der Waals surface area contributed by atoms with Crippen LogP contribution < -0.4 is 15.8 Å². The summed E-state index contributed by atoms with van der Waals surface area (Å²) in [7, 11) is -2.61. The molecule has 3 aromatic carbocycles. The fraction of sp³-hybridized carbons (Fsp3) is 0.160. The van der Waals surface area contributed by atoms with Crippen molar-refractivity contribution in [3.05, 3.63) is 88.4 Å². The fourth-order valence-electron chi connectivity index (χ4n) is 3.85. The summed E-state index contributed by atoms with van der Waals surface area (Å²) in [6, 6.07) is 17.9. The molecule has 2 aromatic heterocycles. The number of hydrogen-bond donors (Lipinski definition) is 2. The summed E-state index contributed by atoms with van der Waals surface area (Å²) in [6.07, 6.45) is 0.124. The van der Waals surface area contributed by atoms with Gasteiger partial charge >= 0.3 is 5.76 Å². The molecule has 11 heteroatoms. The number of carbonyl (C=O) groups is 1. The number of benzene rings is 3. The Balaban J connectivity index is 1.45. The third-order valence-corrected chi connectivity index (χ3v) is 8.15. The molecule has 0 fully saturated rings. The van der Waals surface area contributed by atoms with Gasteiger partial charge in [0.2, 0.25) is 15.9 Å². The zero-order valence-electron chi connectivity index (χ0n) is 19.4. The number of nitrogens with one attached hydrogen (secondary N) is 2. The number of thiazole rings is 1. The number of amides is 1. The van der Waals surface area contributed by atoms with Gasteiger partial charge < -0.3 is 9.73 Å². The van der Waals surface area contributed by atoms with Gasteiger partial charge in [-0.1, -0.05) is 47.7 Å². The molecule has 2 heterocycles. The second-order valence-electron chi connectivity index (χ2n) is 8.40. The van der Waals surface area contributed by atoms with Crippen LogP contribution in [0.1, 0.15) is 11.1 Å². The van der Waals surface area contributed by atoms with Crippen LogP contribution in [0.25, 0.3) is 21.3 Å². The Labute approximate surface area is 210 Å². The van der Waals surface area contributed by atoms with E-state index in [0.29, 0.717) is 10.6 Å². The first-order chi connectivity index (χ1) is 17.2. The van der Waals surface area contributed by atoms with Crippen LogP contribution in [0.4, 0.5) is 5.13 Å². The maximum absolute atomic E-state index is 13.3. The molecule has 5 rings (SSSR count). The maximum atomic E-state index is 13.3. The number of sulfonamides is 1. The van der Waals surface area contributed by atoms with E-state index in [2.05, 4.69) is 15.0 Å². The summed E-state index contributed by atoms with van der Waals surface area (Å²) in [5.41, 5.74) is 3.20. The first kappa shape index (κ1) is 23.9. The Morgan fingerprint density at radius 1 is 1.11 bits per heavy atom. The first-order valence-corrected chi connectivity index (χ1v) is 13.3. The molecule has 184 valence electrons. The minimum Gasteiger partial charge on any atom is -0.408 e. The Morgan fingerprint density at radius 2 is 1.89 bits per heavy atom. The van der Waals surface area contributed by atoms with E-state index in [1.807, 2.05) is 55.5 Å². The van der Waals surface area contributed by atoms with E-state index < -0.39 is 27.7 Å². The van der Waals surface area contributed by atoms with Crippen molar-refractivity contribution in [1.29, 1.82) is 0 Å². The Bertz CT molecular complexity index is 1750. The van der Waals surface area contributed by atoms with Crippen molar-refractivity contribution in [2.75, 3.05) is 5.32 Å². The molecule has 0 aliphatic heterocycles. The topological polar surface area (TPSA) is 123 Å². The van der Waals surface area contributed by atoms with Gasteiger partial charge in [0.15, 0.2) is 10.7 Å². The van der Waals surface area contributed by atoms with Crippen molar-refractivity contribution in [3.63, 3.8) is 0 Å². The van der Waals surface area contributed by atoms with Crippen LogP contribution in [0, 0.1) is 6.92 Å². The predicted molar refractivity (Wildman–Crippen MR) is 139 cm³/mol. The van der Waals surface area contributed by atoms with Gasteiger partial charge in [0.25, 0.3) is 0 Å². The molecule has 0 spiro atoms. The van der Waals surface area contributed by atoms with Crippen LogP contribution in [0.3, 0.4) is 0 Å². The molecule has 0 saturated carbocycles. The van der Waals surface area contributed by atoms with Gasteiger partial charge in [-0.25, -0.2) is 18.2 Å². The van der Waals surface area contributed by atoms with Crippen molar-refractivity contribution in [2.24, 2.45) is 7.05 Å². The van der Waals surface area contributed by atoms with Gasteiger partial charge in [0.1, 0.15) is 6.04 Å². The number of hydrogen-bond acceptors (Lipinski definition) is 7. The zero-order chi connectivity index (χ0) is 25.4. The SMILES string of the molecule is Cc1ccc2nc(NC(=O)[C@@H](Cc3ccccc3)NS(=O)(=O)c3ccc4c(c3)oc(=O)n4C)sc2c1. The zero-order valence-corrected chi connectivity index (χ0v) is 21.0. The highest BCUT2D eigenvalue weighted by atomic mass is 32.2. The van der Waals surface area contributed by atoms with Crippen molar-refractivity contribution < 1.29 is 17.6 Å². The average Bonchev–Trinajstić information content (AvgIpc) is 3.37. The van der Waals surface area contributed by atoms with Crippen LogP contribution in [0.2, 0.25) is 0 Å². The second-order valence-corrected chi connectivity index (χ2v) is 11.1. The molecule has 0 bridgehead atoms. The number of rotatable bonds is 7. The monoisotopic (exact) mass is 522 g/mol. The smallest absolute Gasteiger partial charge is 0.408 e. The maximum Gasteiger partial charge on any atom is 0.419 e. The minimum atomic E-state index is -4.14. The van der Waals surface area contributed by atoms with Crippen molar-refractivity contribution in [3.8, 4) is 0 Å². The van der Waals surface area contributed by atoms with Gasteiger partial charge in [-0.15, -0.1) is 0 Å². The van der Waals surface area contributed by atoms with Gasteiger partial charge in [-0.3, -0.25) is 9.36 Å². The quantitative estimate of drug-likeness (QED) is 0.337. The van der Waals surface area contributed by atoms with E-state index in [-0.39, 0.29) is 16.9 Å². The highest BCUT2D eigenvalue weighted by molar-refractivity contribution is 7.89. The third kappa shape index (κ3) is 4.81. The van der Waals surface area contributed by atoms with E-state index >= 15 is 0 Å². The third-order valence-electron chi connectivity index (χ3n) is 5.74. The lowest BCUT2D eigenvalue weighted by molar-refractivity contribution is -0.117. The molecule has 1 atom stereocenters. The standard InChI is InChI=1S/C25H22N4O5S2/c1-15-8-10-18-22(12-15)35-24(26-18)27-23(30)19(13-16-6-4-3-5-7-16)28-36(32,33)17-9-11-20-21(14-17)34-25(31)29(20)2/h3-12,14,19,28H,13H2,1-2H3,(H,26,27,30)/t19-/m1/s1. The molecule has 0 aliphatic carbocycles. The van der Waals surface area contributed by atoms with Gasteiger partial charge in [-0.05, 0) is 48.7 Å². The second kappa shape index (κ2) is 9.34. The normalized spacial score (nSPS) is 12.7. The Morgan fingerprint density at radius 3 is 2.67 bits per heavy atom. The summed E-state index contributed by atoms with van der Waals surface area (Å²) in [6.45, 7) is 1.97. The molecule has 0 radical (unpaired) electrons. The van der Waals surface area contributed by atoms with Gasteiger partial charge in [0, 0.05) is 13.1 Å². The first-order valence-electron chi connectivity index (χ1n) is 11.0. The highest BCUT2D eigenvalue weighted by Crippen LogP contribution is 2.27. The molecule has 0 unspecified atom stereocenters. The fourth-order valence-corrected chi connectivity index (χ4v) is 6.03. The van der Waals surface area contributed by atoms with Crippen LogP contribution in [0.15, 0.2) is 80.8 Å². The van der Waals surface area contributed by atoms with E-state index in [4.69, 9.17) is 4.42 Å². The number of anilines is 1. The van der Waals surface area contributed by atoms with Crippen molar-refractivity contribution in [2.45, 2.75) is 24.3 Å². The van der Waals surface area contributed by atoms with Gasteiger partial charge in [-0.2, -0.15) is 4.72 Å².